The molecule has 0 bridgehead atoms. The van der Waals surface area contributed by atoms with E-state index in [0.29, 0.717) is 12.5 Å². The summed E-state index contributed by atoms with van der Waals surface area (Å²) in [4.78, 5) is 11.9. The number of nitrogens with two attached hydrogens (primary N) is 1. The molecule has 1 fully saturated rings. The van der Waals surface area contributed by atoms with Crippen LogP contribution in [0.4, 0.5) is 8.78 Å². The van der Waals surface area contributed by atoms with E-state index < -0.39 is 23.6 Å². The Kier molecular flexibility index (Phi) is 5.37. The van der Waals surface area contributed by atoms with Gasteiger partial charge in [-0.05, 0) is 42.4 Å². The summed E-state index contributed by atoms with van der Waals surface area (Å²) in [5.41, 5.74) is 5.29. The Hall–Kier alpha value is -1.14. The third-order valence-corrected chi connectivity index (χ3v) is 4.70. The van der Waals surface area contributed by atoms with Crippen LogP contribution in [0.25, 0.3) is 0 Å². The van der Waals surface area contributed by atoms with Crippen molar-refractivity contribution in [1.82, 2.24) is 5.32 Å². The van der Waals surface area contributed by atoms with Crippen LogP contribution in [0, 0.1) is 17.6 Å². The molecule has 1 amide bonds. The van der Waals surface area contributed by atoms with Crippen molar-refractivity contribution in [2.24, 2.45) is 11.7 Å². The molecule has 1 aromatic carbocycles. The molecule has 3 N–H and O–H groups in total. The van der Waals surface area contributed by atoms with Crippen molar-refractivity contribution in [2.75, 3.05) is 18.1 Å². The lowest BCUT2D eigenvalue weighted by Gasteiger charge is -2.22. The largest absolute Gasteiger partial charge is 0.354 e. The highest BCUT2D eigenvalue weighted by molar-refractivity contribution is 7.99. The summed E-state index contributed by atoms with van der Waals surface area (Å²) in [7, 11) is 0. The second kappa shape index (κ2) is 7.04. The standard InChI is InChI=1S/C14H18F2N2OS/c15-10-4-1-5-11(16)12(10)13(17)14(19)18-7-9-3-2-6-20-8-9/h1,4-5,9,13H,2-3,6-8,17H2,(H,18,19). The SMILES string of the molecule is NC(C(=O)NCC1CCCSC1)c1c(F)cccc1F. The quantitative estimate of drug-likeness (QED) is 0.896. The summed E-state index contributed by atoms with van der Waals surface area (Å²) in [6.45, 7) is 0.510. The summed E-state index contributed by atoms with van der Waals surface area (Å²) >= 11 is 1.86. The number of benzene rings is 1. The van der Waals surface area contributed by atoms with Crippen LogP contribution in [0.2, 0.25) is 0 Å². The summed E-state index contributed by atoms with van der Waals surface area (Å²) in [5.74, 6) is 0.454. The minimum absolute atomic E-state index is 0.372. The lowest BCUT2D eigenvalue weighted by molar-refractivity contribution is -0.122. The van der Waals surface area contributed by atoms with E-state index in [1.54, 1.807) is 0 Å². The number of hydrogen-bond donors (Lipinski definition) is 2. The number of carbonyl (C=O) groups is 1. The molecule has 1 aromatic rings. The highest BCUT2D eigenvalue weighted by Crippen LogP contribution is 2.22. The second-order valence-electron chi connectivity index (χ2n) is 4.94. The van der Waals surface area contributed by atoms with Gasteiger partial charge in [0.25, 0.3) is 0 Å². The van der Waals surface area contributed by atoms with E-state index in [2.05, 4.69) is 5.32 Å². The van der Waals surface area contributed by atoms with E-state index in [4.69, 9.17) is 5.73 Å². The van der Waals surface area contributed by atoms with Crippen LogP contribution in [0.15, 0.2) is 18.2 Å². The summed E-state index contributed by atoms with van der Waals surface area (Å²) in [6.07, 6.45) is 2.20. The molecule has 110 valence electrons. The van der Waals surface area contributed by atoms with E-state index in [1.165, 1.54) is 6.07 Å². The van der Waals surface area contributed by atoms with E-state index in [9.17, 15) is 13.6 Å². The monoisotopic (exact) mass is 300 g/mol. The molecule has 20 heavy (non-hydrogen) atoms. The molecule has 1 saturated heterocycles. The Balaban J connectivity index is 1.94. The first-order valence-electron chi connectivity index (χ1n) is 6.64. The van der Waals surface area contributed by atoms with Crippen molar-refractivity contribution in [1.29, 1.82) is 0 Å². The number of amides is 1. The van der Waals surface area contributed by atoms with Crippen LogP contribution in [0.5, 0.6) is 0 Å². The van der Waals surface area contributed by atoms with Crippen LogP contribution in [-0.4, -0.2) is 24.0 Å². The van der Waals surface area contributed by atoms with Crippen molar-refractivity contribution in [3.05, 3.63) is 35.4 Å². The van der Waals surface area contributed by atoms with Gasteiger partial charge in [0.1, 0.15) is 17.7 Å². The number of hydrogen-bond acceptors (Lipinski definition) is 3. The van der Waals surface area contributed by atoms with Gasteiger partial charge in [0.2, 0.25) is 5.91 Å². The Bertz CT molecular complexity index is 458. The zero-order valence-corrected chi connectivity index (χ0v) is 11.9. The third kappa shape index (κ3) is 3.70. The number of carbonyl (C=O) groups excluding carboxylic acids is 1. The molecule has 1 aliphatic heterocycles. The minimum atomic E-state index is -1.31. The molecule has 1 aliphatic rings. The van der Waals surface area contributed by atoms with E-state index in [-0.39, 0.29) is 5.56 Å². The number of thioether (sulfide) groups is 1. The smallest absolute Gasteiger partial charge is 0.241 e. The molecule has 2 unspecified atom stereocenters. The maximum Gasteiger partial charge on any atom is 0.241 e. The number of rotatable bonds is 4. The highest BCUT2D eigenvalue weighted by atomic mass is 32.2. The van der Waals surface area contributed by atoms with Crippen LogP contribution < -0.4 is 11.1 Å². The first kappa shape index (κ1) is 15.3. The van der Waals surface area contributed by atoms with Gasteiger partial charge in [0.15, 0.2) is 0 Å². The lowest BCUT2D eigenvalue weighted by atomic mass is 10.0. The minimum Gasteiger partial charge on any atom is -0.354 e. The fourth-order valence-electron chi connectivity index (χ4n) is 2.26. The van der Waals surface area contributed by atoms with Gasteiger partial charge in [-0.2, -0.15) is 11.8 Å². The topological polar surface area (TPSA) is 55.1 Å². The van der Waals surface area contributed by atoms with Crippen molar-refractivity contribution in [2.45, 2.75) is 18.9 Å². The van der Waals surface area contributed by atoms with Crippen molar-refractivity contribution >= 4 is 17.7 Å². The molecule has 2 atom stereocenters. The zero-order valence-electron chi connectivity index (χ0n) is 11.1. The normalized spacial score (nSPS) is 20.4. The average Bonchev–Trinajstić information content (AvgIpc) is 2.45. The Labute approximate surface area is 121 Å². The third-order valence-electron chi connectivity index (χ3n) is 3.41. The van der Waals surface area contributed by atoms with Crippen LogP contribution in [-0.2, 0) is 4.79 Å². The van der Waals surface area contributed by atoms with Crippen LogP contribution >= 0.6 is 11.8 Å². The summed E-state index contributed by atoms with van der Waals surface area (Å²) in [5, 5.41) is 2.69. The van der Waals surface area contributed by atoms with Gasteiger partial charge >= 0.3 is 0 Å². The van der Waals surface area contributed by atoms with E-state index >= 15 is 0 Å². The molecule has 0 radical (unpaired) electrons. The molecule has 0 aliphatic carbocycles. The number of halogens is 2. The Morgan fingerprint density at radius 3 is 2.75 bits per heavy atom. The maximum atomic E-state index is 13.6. The highest BCUT2D eigenvalue weighted by Gasteiger charge is 2.24. The van der Waals surface area contributed by atoms with Gasteiger partial charge in [-0.15, -0.1) is 0 Å². The van der Waals surface area contributed by atoms with Crippen molar-refractivity contribution in [3.8, 4) is 0 Å². The van der Waals surface area contributed by atoms with E-state index in [0.717, 1.165) is 36.5 Å². The molecule has 6 heteroatoms. The fraction of sp³-hybridized carbons (Fsp3) is 0.500. The molecule has 3 nitrogen and oxygen atoms in total. The predicted octanol–water partition coefficient (Wildman–Crippen LogP) is 2.22. The first-order valence-corrected chi connectivity index (χ1v) is 7.80. The molecule has 0 aromatic heterocycles. The first-order chi connectivity index (χ1) is 9.59. The fourth-order valence-corrected chi connectivity index (χ4v) is 3.42. The zero-order chi connectivity index (χ0) is 14.5. The van der Waals surface area contributed by atoms with Gasteiger partial charge in [0, 0.05) is 12.1 Å². The van der Waals surface area contributed by atoms with Crippen LogP contribution in [0.1, 0.15) is 24.4 Å². The molecule has 2 rings (SSSR count). The van der Waals surface area contributed by atoms with Crippen LogP contribution in [0.3, 0.4) is 0 Å². The molecule has 1 heterocycles. The van der Waals surface area contributed by atoms with Gasteiger partial charge in [-0.25, -0.2) is 8.78 Å². The van der Waals surface area contributed by atoms with Gasteiger partial charge in [-0.1, -0.05) is 6.07 Å². The molecule has 0 saturated carbocycles. The second-order valence-corrected chi connectivity index (χ2v) is 6.09. The molecular formula is C14H18F2N2OS. The molecule has 0 spiro atoms. The van der Waals surface area contributed by atoms with Gasteiger partial charge in [-0.3, -0.25) is 4.79 Å². The van der Waals surface area contributed by atoms with Crippen molar-refractivity contribution in [3.63, 3.8) is 0 Å². The summed E-state index contributed by atoms with van der Waals surface area (Å²) < 4.78 is 27.1. The predicted molar refractivity (Wildman–Crippen MR) is 76.3 cm³/mol. The summed E-state index contributed by atoms with van der Waals surface area (Å²) in [6, 6.07) is 2.14. The lowest BCUT2D eigenvalue weighted by Crippen LogP contribution is -2.38. The Morgan fingerprint density at radius 2 is 2.15 bits per heavy atom. The van der Waals surface area contributed by atoms with E-state index in [1.807, 2.05) is 11.8 Å². The van der Waals surface area contributed by atoms with Gasteiger partial charge in [0.05, 0.1) is 0 Å². The van der Waals surface area contributed by atoms with Crippen molar-refractivity contribution < 1.29 is 13.6 Å². The Morgan fingerprint density at radius 1 is 1.45 bits per heavy atom. The average molecular weight is 300 g/mol. The molecular weight excluding hydrogens is 282 g/mol. The van der Waals surface area contributed by atoms with Gasteiger partial charge < -0.3 is 11.1 Å². The number of nitrogens with one attached hydrogen (secondary N) is 1. The maximum absolute atomic E-state index is 13.6.